The third-order valence-electron chi connectivity index (χ3n) is 2.58. The number of nitrogens with zero attached hydrogens (tertiary/aromatic N) is 2. The van der Waals surface area contributed by atoms with Gasteiger partial charge >= 0.3 is 0 Å². The summed E-state index contributed by atoms with van der Waals surface area (Å²) in [6.45, 7) is 4.68. The molecule has 0 saturated carbocycles. The zero-order valence-electron chi connectivity index (χ0n) is 10.2. The predicted octanol–water partition coefficient (Wildman–Crippen LogP) is 2.11. The Labute approximate surface area is 104 Å². The molecule has 0 aliphatic carbocycles. The number of hydrogen-bond acceptors (Lipinski definition) is 6. The van der Waals surface area contributed by atoms with Crippen LogP contribution in [0.5, 0.6) is 0 Å². The Kier molecular flexibility index (Phi) is 3.17. The molecule has 92 valence electrons. The van der Waals surface area contributed by atoms with Crippen molar-refractivity contribution in [3.63, 3.8) is 0 Å². The van der Waals surface area contributed by atoms with E-state index in [9.17, 15) is 0 Å². The normalized spacial score (nSPS) is 11.9. The van der Waals surface area contributed by atoms with Crippen molar-refractivity contribution in [2.24, 2.45) is 0 Å². The highest BCUT2D eigenvalue weighted by molar-refractivity contribution is 7.16. The van der Waals surface area contributed by atoms with Gasteiger partial charge in [0.2, 0.25) is 5.95 Å². The topological polar surface area (TPSA) is 73.1 Å². The van der Waals surface area contributed by atoms with Crippen molar-refractivity contribution in [1.82, 2.24) is 9.97 Å². The molecule has 0 radical (unpaired) electrons. The first kappa shape index (κ1) is 12.1. The molecule has 3 N–H and O–H groups in total. The van der Waals surface area contributed by atoms with Crippen LogP contribution in [-0.2, 0) is 4.74 Å². The van der Waals surface area contributed by atoms with E-state index < -0.39 is 0 Å². The first-order valence-electron chi connectivity index (χ1n) is 5.31. The maximum Gasteiger partial charge on any atom is 0.223 e. The number of hydrogen-bond donors (Lipinski definition) is 2. The zero-order valence-corrected chi connectivity index (χ0v) is 11.0. The molecule has 0 amide bonds. The number of nitrogens with one attached hydrogen (secondary N) is 1. The maximum absolute atomic E-state index is 5.67. The molecule has 0 aliphatic rings. The number of aromatic nitrogens is 2. The van der Waals surface area contributed by atoms with Crippen LogP contribution in [0.15, 0.2) is 11.4 Å². The van der Waals surface area contributed by atoms with Crippen LogP contribution in [0.25, 0.3) is 10.2 Å². The van der Waals surface area contributed by atoms with Crippen LogP contribution in [0.3, 0.4) is 0 Å². The van der Waals surface area contributed by atoms with Crippen molar-refractivity contribution in [3.05, 3.63) is 11.4 Å². The summed E-state index contributed by atoms with van der Waals surface area (Å²) in [5.74, 6) is 1.05. The second-order valence-corrected chi connectivity index (χ2v) is 5.28. The number of anilines is 2. The Morgan fingerprint density at radius 3 is 2.94 bits per heavy atom. The van der Waals surface area contributed by atoms with Gasteiger partial charge in [-0.2, -0.15) is 4.98 Å². The van der Waals surface area contributed by atoms with Gasteiger partial charge in [-0.1, -0.05) is 0 Å². The average Bonchev–Trinajstić information content (AvgIpc) is 2.73. The van der Waals surface area contributed by atoms with E-state index >= 15 is 0 Å². The molecule has 0 spiro atoms. The van der Waals surface area contributed by atoms with Crippen LogP contribution in [0.4, 0.5) is 11.8 Å². The number of nitrogens with two attached hydrogens (primary N) is 1. The van der Waals surface area contributed by atoms with Crippen molar-refractivity contribution in [2.75, 3.05) is 24.7 Å². The molecule has 0 fully saturated rings. The first-order valence-corrected chi connectivity index (χ1v) is 6.19. The number of nitrogen functional groups attached to an aromatic ring is 1. The molecular weight excluding hydrogens is 236 g/mol. The molecule has 2 rings (SSSR count). The van der Waals surface area contributed by atoms with Gasteiger partial charge in [0.25, 0.3) is 0 Å². The van der Waals surface area contributed by atoms with Gasteiger partial charge in [-0.25, -0.2) is 4.98 Å². The third kappa shape index (κ3) is 2.65. The molecule has 17 heavy (non-hydrogen) atoms. The van der Waals surface area contributed by atoms with E-state index in [1.165, 1.54) is 0 Å². The Balaban J connectivity index is 2.26. The van der Waals surface area contributed by atoms with Crippen LogP contribution in [0.2, 0.25) is 0 Å². The van der Waals surface area contributed by atoms with Crippen molar-refractivity contribution in [2.45, 2.75) is 19.4 Å². The molecule has 2 aromatic heterocycles. The number of methoxy groups -OCH3 is 1. The second-order valence-electron chi connectivity index (χ2n) is 4.39. The summed E-state index contributed by atoms with van der Waals surface area (Å²) in [6.07, 6.45) is 0. The van der Waals surface area contributed by atoms with Crippen LogP contribution in [-0.4, -0.2) is 29.2 Å². The van der Waals surface area contributed by atoms with Gasteiger partial charge in [0.05, 0.1) is 11.0 Å². The lowest BCUT2D eigenvalue weighted by Gasteiger charge is -2.23. The van der Waals surface area contributed by atoms with Crippen molar-refractivity contribution in [3.8, 4) is 0 Å². The minimum absolute atomic E-state index is 0.248. The predicted molar refractivity (Wildman–Crippen MR) is 71.4 cm³/mol. The van der Waals surface area contributed by atoms with Crippen molar-refractivity contribution in [1.29, 1.82) is 0 Å². The fourth-order valence-corrected chi connectivity index (χ4v) is 2.15. The van der Waals surface area contributed by atoms with Gasteiger partial charge in [-0.05, 0) is 25.3 Å². The lowest BCUT2D eigenvalue weighted by molar-refractivity contribution is 0.0343. The standard InChI is InChI=1S/C11H16N4OS/c1-11(2,16-3)6-13-8-7-4-5-17-9(7)15-10(12)14-8/h4-5H,6H2,1-3H3,(H3,12,13,14,15). The number of thiophene rings is 1. The van der Waals surface area contributed by atoms with E-state index in [-0.39, 0.29) is 11.5 Å². The molecule has 0 bridgehead atoms. The smallest absolute Gasteiger partial charge is 0.223 e. The van der Waals surface area contributed by atoms with Crippen LogP contribution in [0.1, 0.15) is 13.8 Å². The van der Waals surface area contributed by atoms with Gasteiger partial charge in [0, 0.05) is 13.7 Å². The third-order valence-corrected chi connectivity index (χ3v) is 3.38. The summed E-state index contributed by atoms with van der Waals surface area (Å²) in [4.78, 5) is 9.29. The van der Waals surface area contributed by atoms with Gasteiger partial charge in [0.1, 0.15) is 10.6 Å². The van der Waals surface area contributed by atoms with Crippen LogP contribution in [0, 0.1) is 0 Å². The van der Waals surface area contributed by atoms with Gasteiger partial charge in [-0.3, -0.25) is 0 Å². The Morgan fingerprint density at radius 2 is 2.24 bits per heavy atom. The average molecular weight is 252 g/mol. The fourth-order valence-electron chi connectivity index (χ4n) is 1.38. The van der Waals surface area contributed by atoms with Crippen LogP contribution < -0.4 is 11.1 Å². The zero-order chi connectivity index (χ0) is 12.5. The Bertz CT molecular complexity index is 523. The Hall–Kier alpha value is -1.40. The number of rotatable bonds is 4. The molecule has 6 heteroatoms. The molecule has 0 aromatic carbocycles. The van der Waals surface area contributed by atoms with E-state index in [1.54, 1.807) is 18.4 Å². The molecule has 2 heterocycles. The maximum atomic E-state index is 5.67. The summed E-state index contributed by atoms with van der Waals surface area (Å²) in [5, 5.41) is 6.23. The highest BCUT2D eigenvalue weighted by Gasteiger charge is 2.17. The van der Waals surface area contributed by atoms with Crippen molar-refractivity contribution < 1.29 is 4.74 Å². The lowest BCUT2D eigenvalue weighted by Crippen LogP contribution is -2.32. The minimum atomic E-state index is -0.248. The molecule has 0 atom stereocenters. The monoisotopic (exact) mass is 252 g/mol. The van der Waals surface area contributed by atoms with Gasteiger partial charge in [0.15, 0.2) is 0 Å². The Morgan fingerprint density at radius 1 is 1.47 bits per heavy atom. The van der Waals surface area contributed by atoms with Gasteiger partial charge in [-0.15, -0.1) is 11.3 Å². The van der Waals surface area contributed by atoms with Crippen molar-refractivity contribution >= 4 is 33.3 Å². The number of fused-ring (bicyclic) bond motifs is 1. The second kappa shape index (κ2) is 4.46. The first-order chi connectivity index (χ1) is 8.02. The molecule has 2 aromatic rings. The van der Waals surface area contributed by atoms with E-state index in [4.69, 9.17) is 10.5 Å². The van der Waals surface area contributed by atoms with Crippen LogP contribution >= 0.6 is 11.3 Å². The van der Waals surface area contributed by atoms with Gasteiger partial charge < -0.3 is 15.8 Å². The highest BCUT2D eigenvalue weighted by atomic mass is 32.1. The number of ether oxygens (including phenoxy) is 1. The fraction of sp³-hybridized carbons (Fsp3) is 0.455. The highest BCUT2D eigenvalue weighted by Crippen LogP contribution is 2.26. The van der Waals surface area contributed by atoms with E-state index in [0.29, 0.717) is 6.54 Å². The largest absolute Gasteiger partial charge is 0.377 e. The molecule has 0 saturated heterocycles. The molecular formula is C11H16N4OS. The minimum Gasteiger partial charge on any atom is -0.377 e. The lowest BCUT2D eigenvalue weighted by atomic mass is 10.1. The SMILES string of the molecule is COC(C)(C)CNc1nc(N)nc2sccc12. The quantitative estimate of drug-likeness (QED) is 0.872. The van der Waals surface area contributed by atoms with E-state index in [1.807, 2.05) is 25.3 Å². The molecule has 5 nitrogen and oxygen atoms in total. The van der Waals surface area contributed by atoms with E-state index in [0.717, 1.165) is 16.0 Å². The molecule has 0 aliphatic heterocycles. The molecule has 0 unspecified atom stereocenters. The summed E-state index contributed by atoms with van der Waals surface area (Å²) < 4.78 is 5.35. The summed E-state index contributed by atoms with van der Waals surface area (Å²) >= 11 is 1.55. The summed E-state index contributed by atoms with van der Waals surface area (Å²) in [7, 11) is 1.69. The van der Waals surface area contributed by atoms with E-state index in [2.05, 4.69) is 15.3 Å². The summed E-state index contributed by atoms with van der Waals surface area (Å²) in [6, 6.07) is 1.99. The summed E-state index contributed by atoms with van der Waals surface area (Å²) in [5.41, 5.74) is 5.42.